The first-order valence-corrected chi connectivity index (χ1v) is 7.40. The number of carbonyl (C=O) groups is 1. The molecule has 2 heterocycles. The summed E-state index contributed by atoms with van der Waals surface area (Å²) in [6.45, 7) is 0.765. The minimum Gasteiger partial charge on any atom is -0.493 e. The Bertz CT molecular complexity index is 655. The summed E-state index contributed by atoms with van der Waals surface area (Å²) in [5.41, 5.74) is 3.09. The number of carbonyl (C=O) groups excluding carboxylic acids is 1. The fourth-order valence-corrected chi connectivity index (χ4v) is 2.73. The molecule has 1 aliphatic heterocycles. The lowest BCUT2D eigenvalue weighted by molar-refractivity contribution is 0.0982. The van der Waals surface area contributed by atoms with Gasteiger partial charge in [-0.3, -0.25) is 9.78 Å². The number of hydrogen-bond acceptors (Lipinski definition) is 3. The number of rotatable bonds is 4. The van der Waals surface area contributed by atoms with E-state index in [0.717, 1.165) is 29.7 Å². The second-order valence-electron chi connectivity index (χ2n) is 4.86. The molecule has 1 aromatic carbocycles. The fourth-order valence-electron chi connectivity index (χ4n) is 2.36. The van der Waals surface area contributed by atoms with Crippen LogP contribution < -0.4 is 4.74 Å². The molecule has 20 heavy (non-hydrogen) atoms. The van der Waals surface area contributed by atoms with E-state index in [1.165, 1.54) is 11.1 Å². The van der Waals surface area contributed by atoms with Crippen LogP contribution in [0.15, 0.2) is 41.1 Å². The van der Waals surface area contributed by atoms with Gasteiger partial charge in [0.25, 0.3) is 0 Å². The molecular formula is C16H14BrNO2. The molecule has 4 heteroatoms. The van der Waals surface area contributed by atoms with E-state index in [1.807, 2.05) is 18.2 Å². The zero-order valence-corrected chi connectivity index (χ0v) is 12.5. The first-order valence-electron chi connectivity index (χ1n) is 6.61. The zero-order valence-electron chi connectivity index (χ0n) is 10.9. The molecule has 2 aromatic rings. The lowest BCUT2D eigenvalue weighted by Gasteiger charge is -2.04. The maximum absolute atomic E-state index is 12.1. The number of aryl methyl sites for hydroxylation is 1. The van der Waals surface area contributed by atoms with Gasteiger partial charge in [0.05, 0.1) is 6.61 Å². The SMILES string of the molecule is O=C(CCc1ccc2c(c1)CCO2)c1cncc(Br)c1. The van der Waals surface area contributed by atoms with Gasteiger partial charge in [-0.2, -0.15) is 0 Å². The molecule has 3 rings (SSSR count). The Kier molecular flexibility index (Phi) is 3.83. The number of benzene rings is 1. The molecule has 0 amide bonds. The van der Waals surface area contributed by atoms with E-state index >= 15 is 0 Å². The molecule has 0 aliphatic carbocycles. The third-order valence-corrected chi connectivity index (χ3v) is 3.86. The van der Waals surface area contributed by atoms with Crippen LogP contribution in [0.3, 0.4) is 0 Å². The molecule has 0 N–H and O–H groups in total. The number of aromatic nitrogens is 1. The summed E-state index contributed by atoms with van der Waals surface area (Å²) in [6, 6.07) is 8.00. The summed E-state index contributed by atoms with van der Waals surface area (Å²) in [5, 5.41) is 0. The van der Waals surface area contributed by atoms with Gasteiger partial charge < -0.3 is 4.74 Å². The van der Waals surface area contributed by atoms with Gasteiger partial charge in [-0.15, -0.1) is 0 Å². The second kappa shape index (κ2) is 5.75. The Morgan fingerprint density at radius 1 is 1.30 bits per heavy atom. The third kappa shape index (κ3) is 2.90. The number of pyridine rings is 1. The van der Waals surface area contributed by atoms with E-state index < -0.39 is 0 Å². The van der Waals surface area contributed by atoms with E-state index in [1.54, 1.807) is 12.4 Å². The summed E-state index contributed by atoms with van der Waals surface area (Å²) in [7, 11) is 0. The van der Waals surface area contributed by atoms with Gasteiger partial charge in [-0.05, 0) is 45.6 Å². The monoisotopic (exact) mass is 331 g/mol. The lowest BCUT2D eigenvalue weighted by Crippen LogP contribution is -2.02. The number of fused-ring (bicyclic) bond motifs is 1. The summed E-state index contributed by atoms with van der Waals surface area (Å²) in [4.78, 5) is 16.1. The summed E-state index contributed by atoms with van der Waals surface area (Å²) < 4.78 is 6.31. The quantitative estimate of drug-likeness (QED) is 0.803. The predicted molar refractivity (Wildman–Crippen MR) is 80.2 cm³/mol. The highest BCUT2D eigenvalue weighted by molar-refractivity contribution is 9.10. The molecule has 0 saturated carbocycles. The molecular weight excluding hydrogens is 318 g/mol. The van der Waals surface area contributed by atoms with Crippen LogP contribution in [0.4, 0.5) is 0 Å². The number of ketones is 1. The van der Waals surface area contributed by atoms with Crippen molar-refractivity contribution in [2.75, 3.05) is 6.61 Å². The molecule has 3 nitrogen and oxygen atoms in total. The number of nitrogens with zero attached hydrogens (tertiary/aromatic N) is 1. The van der Waals surface area contributed by atoms with Gasteiger partial charge in [0, 0.05) is 35.3 Å². The van der Waals surface area contributed by atoms with Gasteiger partial charge in [0.1, 0.15) is 5.75 Å². The maximum atomic E-state index is 12.1. The summed E-state index contributed by atoms with van der Waals surface area (Å²) in [6.07, 6.45) is 5.50. The topological polar surface area (TPSA) is 39.2 Å². The summed E-state index contributed by atoms with van der Waals surface area (Å²) >= 11 is 3.33. The smallest absolute Gasteiger partial charge is 0.164 e. The van der Waals surface area contributed by atoms with Crippen molar-refractivity contribution in [2.24, 2.45) is 0 Å². The highest BCUT2D eigenvalue weighted by atomic mass is 79.9. The molecule has 102 valence electrons. The van der Waals surface area contributed by atoms with Gasteiger partial charge in [-0.1, -0.05) is 12.1 Å². The molecule has 0 spiro atoms. The van der Waals surface area contributed by atoms with Crippen molar-refractivity contribution >= 4 is 21.7 Å². The van der Waals surface area contributed by atoms with Crippen molar-refractivity contribution in [3.8, 4) is 5.75 Å². The molecule has 1 aliphatic rings. The van der Waals surface area contributed by atoms with E-state index in [-0.39, 0.29) is 5.78 Å². The van der Waals surface area contributed by atoms with Gasteiger partial charge in [-0.25, -0.2) is 0 Å². The van der Waals surface area contributed by atoms with Crippen LogP contribution >= 0.6 is 15.9 Å². The largest absolute Gasteiger partial charge is 0.493 e. The van der Waals surface area contributed by atoms with E-state index in [9.17, 15) is 4.79 Å². The normalized spacial score (nSPS) is 12.8. The Hall–Kier alpha value is -1.68. The van der Waals surface area contributed by atoms with Crippen LogP contribution in [0.1, 0.15) is 27.9 Å². The van der Waals surface area contributed by atoms with E-state index in [2.05, 4.69) is 27.0 Å². The second-order valence-corrected chi connectivity index (χ2v) is 5.77. The van der Waals surface area contributed by atoms with Gasteiger partial charge >= 0.3 is 0 Å². The van der Waals surface area contributed by atoms with Crippen molar-refractivity contribution in [1.82, 2.24) is 4.98 Å². The van der Waals surface area contributed by atoms with Gasteiger partial charge in [0.2, 0.25) is 0 Å². The van der Waals surface area contributed by atoms with Crippen LogP contribution in [0, 0.1) is 0 Å². The van der Waals surface area contributed by atoms with Crippen molar-refractivity contribution in [3.05, 3.63) is 57.8 Å². The van der Waals surface area contributed by atoms with Crippen LogP contribution in [-0.4, -0.2) is 17.4 Å². The van der Waals surface area contributed by atoms with Crippen LogP contribution in [-0.2, 0) is 12.8 Å². The number of hydrogen-bond donors (Lipinski definition) is 0. The minimum atomic E-state index is 0.121. The molecule has 0 atom stereocenters. The highest BCUT2D eigenvalue weighted by Gasteiger charge is 2.13. The lowest BCUT2D eigenvalue weighted by atomic mass is 10.0. The fraction of sp³-hybridized carbons (Fsp3) is 0.250. The standard InChI is InChI=1S/C16H14BrNO2/c17-14-8-13(9-18-10-14)15(19)3-1-11-2-4-16-12(7-11)5-6-20-16/h2,4,7-10H,1,3,5-6H2. The number of halogens is 1. The number of Topliss-reactive ketones (excluding diaryl/α,β-unsaturated/α-hetero) is 1. The Balaban J connectivity index is 1.66. The van der Waals surface area contributed by atoms with Crippen molar-refractivity contribution < 1.29 is 9.53 Å². The maximum Gasteiger partial charge on any atom is 0.164 e. The summed E-state index contributed by atoms with van der Waals surface area (Å²) in [5.74, 6) is 1.10. The molecule has 0 unspecified atom stereocenters. The van der Waals surface area contributed by atoms with Crippen LogP contribution in [0.2, 0.25) is 0 Å². The third-order valence-electron chi connectivity index (χ3n) is 3.42. The van der Waals surface area contributed by atoms with E-state index in [0.29, 0.717) is 12.0 Å². The number of ether oxygens (including phenoxy) is 1. The Labute approximate surface area is 126 Å². The van der Waals surface area contributed by atoms with Crippen molar-refractivity contribution in [3.63, 3.8) is 0 Å². The first-order chi connectivity index (χ1) is 9.72. The molecule has 0 bridgehead atoms. The van der Waals surface area contributed by atoms with E-state index in [4.69, 9.17) is 4.74 Å². The first kappa shape index (κ1) is 13.3. The van der Waals surface area contributed by atoms with Crippen molar-refractivity contribution in [1.29, 1.82) is 0 Å². The minimum absolute atomic E-state index is 0.121. The zero-order chi connectivity index (χ0) is 13.9. The van der Waals surface area contributed by atoms with Crippen molar-refractivity contribution in [2.45, 2.75) is 19.3 Å². The highest BCUT2D eigenvalue weighted by Crippen LogP contribution is 2.26. The Morgan fingerprint density at radius 3 is 3.05 bits per heavy atom. The average molecular weight is 332 g/mol. The average Bonchev–Trinajstić information content (AvgIpc) is 2.92. The van der Waals surface area contributed by atoms with Crippen LogP contribution in [0.5, 0.6) is 5.75 Å². The predicted octanol–water partition coefficient (Wildman–Crippen LogP) is 3.59. The van der Waals surface area contributed by atoms with Gasteiger partial charge in [0.15, 0.2) is 5.78 Å². The molecule has 0 fully saturated rings. The van der Waals surface area contributed by atoms with Crippen LogP contribution in [0.25, 0.3) is 0 Å². The molecule has 1 aromatic heterocycles. The molecule has 0 saturated heterocycles. The Morgan fingerprint density at radius 2 is 2.20 bits per heavy atom. The molecule has 0 radical (unpaired) electrons.